The number of hydrogen-bond acceptors (Lipinski definition) is 2. The maximum atomic E-state index is 5.83. The summed E-state index contributed by atoms with van der Waals surface area (Å²) >= 11 is 11.6. The average molecular weight is 255 g/mol. The van der Waals surface area contributed by atoms with Gasteiger partial charge < -0.3 is 10.1 Å². The predicted molar refractivity (Wildman–Crippen MR) is 61.0 cm³/mol. The molecule has 1 aliphatic rings. The maximum absolute atomic E-state index is 5.83. The molecule has 1 aromatic carbocycles. The van der Waals surface area contributed by atoms with E-state index in [1.54, 1.807) is 12.1 Å². The standard InChI is InChI=1S/C9H9Cl2NO.ClH/c10-8-2-1-6(3-9(8)11)13-7-4-12-5-7;/h1-3,7,12H,4-5H2;1H. The lowest BCUT2D eigenvalue weighted by Gasteiger charge is -2.27. The van der Waals surface area contributed by atoms with Gasteiger partial charge in [0.05, 0.1) is 10.0 Å². The van der Waals surface area contributed by atoms with Crippen molar-refractivity contribution in [1.82, 2.24) is 5.32 Å². The van der Waals surface area contributed by atoms with Crippen LogP contribution in [0.2, 0.25) is 10.0 Å². The average Bonchev–Trinajstić information content (AvgIpc) is 2.04. The number of ether oxygens (including phenoxy) is 1. The number of rotatable bonds is 2. The van der Waals surface area contributed by atoms with Gasteiger partial charge >= 0.3 is 0 Å². The monoisotopic (exact) mass is 253 g/mol. The summed E-state index contributed by atoms with van der Waals surface area (Å²) in [7, 11) is 0. The van der Waals surface area contributed by atoms with Crippen molar-refractivity contribution in [2.75, 3.05) is 13.1 Å². The van der Waals surface area contributed by atoms with Gasteiger partial charge in [0.2, 0.25) is 0 Å². The molecule has 0 aliphatic carbocycles. The Hall–Kier alpha value is -0.150. The Balaban J connectivity index is 0.000000980. The van der Waals surface area contributed by atoms with Crippen LogP contribution in [0.1, 0.15) is 0 Å². The smallest absolute Gasteiger partial charge is 0.123 e. The molecule has 0 amide bonds. The molecule has 1 fully saturated rings. The number of benzene rings is 1. The summed E-state index contributed by atoms with van der Waals surface area (Å²) in [6, 6.07) is 5.31. The van der Waals surface area contributed by atoms with Crippen molar-refractivity contribution >= 4 is 35.6 Å². The minimum atomic E-state index is 0. The quantitative estimate of drug-likeness (QED) is 0.876. The van der Waals surface area contributed by atoms with Gasteiger partial charge in [0, 0.05) is 19.2 Å². The summed E-state index contributed by atoms with van der Waals surface area (Å²) in [6.07, 6.45) is 0.275. The van der Waals surface area contributed by atoms with Crippen molar-refractivity contribution in [2.24, 2.45) is 0 Å². The minimum absolute atomic E-state index is 0. The Kier molecular flexibility index (Phi) is 4.32. The molecule has 0 atom stereocenters. The summed E-state index contributed by atoms with van der Waals surface area (Å²) in [6.45, 7) is 1.81. The Morgan fingerprint density at radius 2 is 1.93 bits per heavy atom. The molecule has 14 heavy (non-hydrogen) atoms. The molecule has 0 bridgehead atoms. The fraction of sp³-hybridized carbons (Fsp3) is 0.333. The molecule has 0 unspecified atom stereocenters. The van der Waals surface area contributed by atoms with Gasteiger partial charge in [-0.15, -0.1) is 12.4 Å². The normalized spacial score (nSPS) is 15.6. The molecule has 0 aromatic heterocycles. The van der Waals surface area contributed by atoms with Crippen LogP contribution in [0.15, 0.2) is 18.2 Å². The van der Waals surface area contributed by atoms with Crippen LogP contribution in [0.4, 0.5) is 0 Å². The summed E-state index contributed by atoms with van der Waals surface area (Å²) in [5, 5.41) is 4.21. The van der Waals surface area contributed by atoms with Crippen LogP contribution in [0.25, 0.3) is 0 Å². The zero-order chi connectivity index (χ0) is 9.26. The molecule has 5 heteroatoms. The van der Waals surface area contributed by atoms with E-state index in [1.165, 1.54) is 0 Å². The van der Waals surface area contributed by atoms with E-state index in [1.807, 2.05) is 6.07 Å². The zero-order valence-corrected chi connectivity index (χ0v) is 9.62. The van der Waals surface area contributed by atoms with Crippen LogP contribution in [0.5, 0.6) is 5.75 Å². The van der Waals surface area contributed by atoms with Crippen molar-refractivity contribution in [1.29, 1.82) is 0 Å². The van der Waals surface area contributed by atoms with E-state index in [-0.39, 0.29) is 18.5 Å². The summed E-state index contributed by atoms with van der Waals surface area (Å²) < 4.78 is 5.58. The number of halogens is 3. The third-order valence-corrected chi connectivity index (χ3v) is 2.68. The lowest BCUT2D eigenvalue weighted by molar-refractivity contribution is 0.142. The fourth-order valence-corrected chi connectivity index (χ4v) is 1.38. The molecule has 0 spiro atoms. The van der Waals surface area contributed by atoms with Gasteiger partial charge in [-0.3, -0.25) is 0 Å². The molecule has 1 aliphatic heterocycles. The van der Waals surface area contributed by atoms with Gasteiger partial charge in [0.15, 0.2) is 0 Å². The van der Waals surface area contributed by atoms with Crippen LogP contribution >= 0.6 is 35.6 Å². The molecule has 0 saturated carbocycles. The Labute approximate surface area is 98.9 Å². The van der Waals surface area contributed by atoms with Crippen LogP contribution < -0.4 is 10.1 Å². The predicted octanol–water partition coefficient (Wildman–Crippen LogP) is 2.77. The van der Waals surface area contributed by atoms with Gasteiger partial charge in [0.1, 0.15) is 11.9 Å². The maximum Gasteiger partial charge on any atom is 0.123 e. The van der Waals surface area contributed by atoms with E-state index < -0.39 is 0 Å². The lowest BCUT2D eigenvalue weighted by atomic mass is 10.2. The van der Waals surface area contributed by atoms with Crippen LogP contribution in [0.3, 0.4) is 0 Å². The van der Waals surface area contributed by atoms with E-state index in [0.717, 1.165) is 18.8 Å². The summed E-state index contributed by atoms with van der Waals surface area (Å²) in [4.78, 5) is 0. The van der Waals surface area contributed by atoms with E-state index >= 15 is 0 Å². The Morgan fingerprint density at radius 1 is 1.21 bits per heavy atom. The highest BCUT2D eigenvalue weighted by molar-refractivity contribution is 6.42. The first-order valence-corrected chi connectivity index (χ1v) is 4.84. The molecule has 2 nitrogen and oxygen atoms in total. The molecule has 0 radical (unpaired) electrons. The molecule has 78 valence electrons. The largest absolute Gasteiger partial charge is 0.488 e. The van der Waals surface area contributed by atoms with E-state index in [2.05, 4.69) is 5.32 Å². The second-order valence-corrected chi connectivity index (χ2v) is 3.79. The van der Waals surface area contributed by atoms with Crippen molar-refractivity contribution < 1.29 is 4.74 Å². The fourth-order valence-electron chi connectivity index (χ4n) is 1.09. The van der Waals surface area contributed by atoms with E-state index in [0.29, 0.717) is 10.0 Å². The number of hydrogen-bond donors (Lipinski definition) is 1. The molecule has 1 aromatic rings. The molecular formula is C9H10Cl3NO. The van der Waals surface area contributed by atoms with Crippen molar-refractivity contribution in [3.05, 3.63) is 28.2 Å². The van der Waals surface area contributed by atoms with Gasteiger partial charge in [-0.2, -0.15) is 0 Å². The Morgan fingerprint density at radius 3 is 2.43 bits per heavy atom. The zero-order valence-electron chi connectivity index (χ0n) is 7.30. The topological polar surface area (TPSA) is 21.3 Å². The first-order chi connectivity index (χ1) is 6.25. The summed E-state index contributed by atoms with van der Waals surface area (Å²) in [5.41, 5.74) is 0. The first kappa shape index (κ1) is 11.9. The molecule has 1 heterocycles. The van der Waals surface area contributed by atoms with E-state index in [4.69, 9.17) is 27.9 Å². The highest BCUT2D eigenvalue weighted by Gasteiger charge is 2.18. The van der Waals surface area contributed by atoms with E-state index in [9.17, 15) is 0 Å². The molecule has 1 saturated heterocycles. The van der Waals surface area contributed by atoms with Gasteiger partial charge in [-0.05, 0) is 12.1 Å². The van der Waals surface area contributed by atoms with Crippen LogP contribution in [-0.4, -0.2) is 19.2 Å². The second kappa shape index (κ2) is 5.08. The highest BCUT2D eigenvalue weighted by atomic mass is 35.5. The Bertz CT molecular complexity index is 315. The van der Waals surface area contributed by atoms with Gasteiger partial charge in [-0.1, -0.05) is 23.2 Å². The minimum Gasteiger partial charge on any atom is -0.488 e. The first-order valence-electron chi connectivity index (χ1n) is 4.08. The van der Waals surface area contributed by atoms with Crippen molar-refractivity contribution in [3.8, 4) is 5.75 Å². The molecular weight excluding hydrogens is 244 g/mol. The lowest BCUT2D eigenvalue weighted by Crippen LogP contribution is -2.50. The summed E-state index contributed by atoms with van der Waals surface area (Å²) in [5.74, 6) is 0.779. The third-order valence-electron chi connectivity index (χ3n) is 1.94. The van der Waals surface area contributed by atoms with Gasteiger partial charge in [0.25, 0.3) is 0 Å². The highest BCUT2D eigenvalue weighted by Crippen LogP contribution is 2.27. The molecule has 1 N–H and O–H groups in total. The molecule has 2 rings (SSSR count). The van der Waals surface area contributed by atoms with Crippen LogP contribution in [-0.2, 0) is 0 Å². The van der Waals surface area contributed by atoms with Crippen molar-refractivity contribution in [3.63, 3.8) is 0 Å². The van der Waals surface area contributed by atoms with Gasteiger partial charge in [-0.25, -0.2) is 0 Å². The second-order valence-electron chi connectivity index (χ2n) is 2.97. The SMILES string of the molecule is Cl.Clc1ccc(OC2CNC2)cc1Cl. The number of nitrogens with one attached hydrogen (secondary N) is 1. The van der Waals surface area contributed by atoms with Crippen molar-refractivity contribution in [2.45, 2.75) is 6.10 Å². The van der Waals surface area contributed by atoms with Crippen LogP contribution in [0, 0.1) is 0 Å². The third kappa shape index (κ3) is 2.67.